The molecule has 2 N–H and O–H groups in total. The maximum absolute atomic E-state index is 15.1. The van der Waals surface area contributed by atoms with Crippen molar-refractivity contribution in [2.45, 2.75) is 46.3 Å². The first kappa shape index (κ1) is 35.8. The molecule has 17 heteroatoms. The molecule has 0 unspecified atom stereocenters. The lowest BCUT2D eigenvalue weighted by Gasteiger charge is -2.34. The summed E-state index contributed by atoms with van der Waals surface area (Å²) < 4.78 is 32.0. The summed E-state index contributed by atoms with van der Waals surface area (Å²) >= 11 is 0. The van der Waals surface area contributed by atoms with Crippen LogP contribution in [0.3, 0.4) is 0 Å². The van der Waals surface area contributed by atoms with Gasteiger partial charge >= 0.3 is 6.03 Å². The number of anilines is 2. The van der Waals surface area contributed by atoms with Crippen LogP contribution in [-0.2, 0) is 17.9 Å². The zero-order chi connectivity index (χ0) is 38.5. The number of piperazine rings is 1. The van der Waals surface area contributed by atoms with Gasteiger partial charge in [0, 0.05) is 63.5 Å². The largest absolute Gasteiger partial charge is 0.343 e. The first-order chi connectivity index (χ1) is 26.4. The number of aryl methyl sites for hydroxylation is 1. The SMILES string of the molecule is Cc1nc2c(F)cc(-c3nc(Nc4ccc(CN5CCN(Cc6ccc7c(c6)C(=O)N(N6CCC(=O)NC6=O)C7=O)CC5)cn4)ncc3F)cc2n1C(C)C. The van der Waals surface area contributed by atoms with E-state index in [-0.39, 0.29) is 52.9 Å². The molecule has 0 saturated carbocycles. The van der Waals surface area contributed by atoms with Crippen molar-refractivity contribution in [2.75, 3.05) is 38.0 Å². The predicted octanol–water partition coefficient (Wildman–Crippen LogP) is 4.57. The summed E-state index contributed by atoms with van der Waals surface area (Å²) in [7, 11) is 0. The quantitative estimate of drug-likeness (QED) is 0.203. The van der Waals surface area contributed by atoms with Gasteiger partial charge in [0.05, 0.1) is 29.4 Å². The third-order valence-electron chi connectivity index (χ3n) is 10.0. The lowest BCUT2D eigenvalue weighted by atomic mass is 10.1. The van der Waals surface area contributed by atoms with Crippen LogP contribution in [0.1, 0.15) is 64.0 Å². The summed E-state index contributed by atoms with van der Waals surface area (Å²) in [4.78, 5) is 72.0. The molecule has 5 aromatic rings. The molecule has 3 aliphatic rings. The van der Waals surface area contributed by atoms with Crippen molar-refractivity contribution in [1.82, 2.24) is 49.6 Å². The van der Waals surface area contributed by atoms with Crippen molar-refractivity contribution < 1.29 is 28.0 Å². The standard InChI is InChI=1S/C38H37F2N11O4/c1-21(2)50-22(3)43-34-28(39)15-25(16-30(34)50)33-29(40)18-42-37(46-33)44-31-7-5-24(17-41-31)20-48-12-10-47(11-13-48)19-23-4-6-26-27(14-23)36(54)51(35(26)53)49-9-8-32(52)45-38(49)55/h4-7,14-18,21H,8-13,19-20H2,1-3H3,(H,45,52,55)(H,41,42,44,46). The molecule has 3 aromatic heterocycles. The van der Waals surface area contributed by atoms with Gasteiger partial charge in [-0.05, 0) is 62.2 Å². The first-order valence-corrected chi connectivity index (χ1v) is 17.9. The van der Waals surface area contributed by atoms with E-state index in [2.05, 4.69) is 40.4 Å². The molecule has 2 saturated heterocycles. The van der Waals surface area contributed by atoms with Crippen molar-refractivity contribution in [3.63, 3.8) is 0 Å². The molecule has 3 aliphatic heterocycles. The maximum atomic E-state index is 15.1. The Labute approximate surface area is 313 Å². The average Bonchev–Trinajstić information content (AvgIpc) is 3.63. The number of amides is 5. The second-order valence-electron chi connectivity index (χ2n) is 14.1. The highest BCUT2D eigenvalue weighted by molar-refractivity contribution is 6.22. The highest BCUT2D eigenvalue weighted by atomic mass is 19.1. The highest BCUT2D eigenvalue weighted by Crippen LogP contribution is 2.31. The van der Waals surface area contributed by atoms with Crippen molar-refractivity contribution in [1.29, 1.82) is 0 Å². The first-order valence-electron chi connectivity index (χ1n) is 17.9. The molecule has 15 nitrogen and oxygen atoms in total. The normalized spacial score (nSPS) is 16.8. The van der Waals surface area contributed by atoms with Gasteiger partial charge in [-0.3, -0.25) is 29.5 Å². The van der Waals surface area contributed by atoms with Gasteiger partial charge in [0.15, 0.2) is 11.6 Å². The number of pyridine rings is 1. The number of aromatic nitrogens is 5. The molecular weight excluding hydrogens is 712 g/mol. The number of carbonyl (C=O) groups excluding carboxylic acids is 4. The van der Waals surface area contributed by atoms with E-state index in [1.54, 1.807) is 30.5 Å². The van der Waals surface area contributed by atoms with Crippen LogP contribution in [0.5, 0.6) is 0 Å². The summed E-state index contributed by atoms with van der Waals surface area (Å²) in [5.74, 6) is -1.62. The second kappa shape index (κ2) is 14.2. The van der Waals surface area contributed by atoms with Gasteiger partial charge in [-0.1, -0.05) is 12.1 Å². The van der Waals surface area contributed by atoms with Gasteiger partial charge in [0.1, 0.15) is 22.9 Å². The number of nitrogens with one attached hydrogen (secondary N) is 2. The predicted molar refractivity (Wildman–Crippen MR) is 196 cm³/mol. The lowest BCUT2D eigenvalue weighted by molar-refractivity contribution is -0.122. The topological polar surface area (TPSA) is 162 Å². The van der Waals surface area contributed by atoms with Gasteiger partial charge in [0.25, 0.3) is 11.8 Å². The van der Waals surface area contributed by atoms with E-state index in [1.165, 1.54) is 6.07 Å². The lowest BCUT2D eigenvalue weighted by Crippen LogP contribution is -2.58. The molecule has 0 aliphatic carbocycles. The molecular formula is C38H37F2N11O4. The molecule has 5 amide bonds. The summed E-state index contributed by atoms with van der Waals surface area (Å²) in [6.07, 6.45) is 2.81. The Balaban J connectivity index is 0.864. The Kier molecular flexibility index (Phi) is 9.26. The number of imidazole rings is 1. The molecule has 0 atom stereocenters. The van der Waals surface area contributed by atoms with Crippen LogP contribution in [-0.4, -0.2) is 101 Å². The zero-order valence-corrected chi connectivity index (χ0v) is 30.3. The fraction of sp³-hybridized carbons (Fsp3) is 0.316. The number of benzene rings is 2. The summed E-state index contributed by atoms with van der Waals surface area (Å²) in [6, 6.07) is 11.0. The molecule has 6 heterocycles. The minimum Gasteiger partial charge on any atom is -0.326 e. The van der Waals surface area contributed by atoms with Crippen LogP contribution in [0.2, 0.25) is 0 Å². The fourth-order valence-electron chi connectivity index (χ4n) is 7.35. The van der Waals surface area contributed by atoms with E-state index in [0.29, 0.717) is 30.2 Å². The summed E-state index contributed by atoms with van der Waals surface area (Å²) in [5.41, 5.74) is 3.35. The number of hydrogen-bond acceptors (Lipinski definition) is 11. The molecule has 0 bridgehead atoms. The third-order valence-corrected chi connectivity index (χ3v) is 10.0. The smallest absolute Gasteiger partial charge is 0.326 e. The van der Waals surface area contributed by atoms with Gasteiger partial charge in [-0.25, -0.2) is 38.5 Å². The Hall–Kier alpha value is -6.20. The Morgan fingerprint density at radius 1 is 0.800 bits per heavy atom. The van der Waals surface area contributed by atoms with Crippen LogP contribution < -0.4 is 10.6 Å². The summed E-state index contributed by atoms with van der Waals surface area (Å²) in [5, 5.41) is 6.97. The van der Waals surface area contributed by atoms with Crippen LogP contribution in [0.15, 0.2) is 54.9 Å². The minimum atomic E-state index is -0.795. The number of nitrogens with zero attached hydrogens (tertiary/aromatic N) is 9. The monoisotopic (exact) mass is 749 g/mol. The molecule has 2 aromatic carbocycles. The Bertz CT molecular complexity index is 2370. The molecule has 2 fully saturated rings. The van der Waals surface area contributed by atoms with E-state index in [9.17, 15) is 23.6 Å². The number of fused-ring (bicyclic) bond motifs is 2. The molecule has 282 valence electrons. The number of carbonyl (C=O) groups is 4. The zero-order valence-electron chi connectivity index (χ0n) is 30.3. The Morgan fingerprint density at radius 2 is 1.51 bits per heavy atom. The van der Waals surface area contributed by atoms with Crippen LogP contribution in [0.4, 0.5) is 25.3 Å². The number of hydrogen-bond donors (Lipinski definition) is 2. The van der Waals surface area contributed by atoms with Gasteiger partial charge in [0.2, 0.25) is 11.9 Å². The van der Waals surface area contributed by atoms with Crippen molar-refractivity contribution in [3.8, 4) is 11.3 Å². The average molecular weight is 750 g/mol. The van der Waals surface area contributed by atoms with Crippen molar-refractivity contribution in [2.24, 2.45) is 0 Å². The van der Waals surface area contributed by atoms with E-state index >= 15 is 4.39 Å². The second-order valence-corrected chi connectivity index (χ2v) is 14.1. The summed E-state index contributed by atoms with van der Waals surface area (Å²) in [6.45, 7) is 10.1. The van der Waals surface area contributed by atoms with E-state index < -0.39 is 35.4 Å². The number of hydrazine groups is 1. The minimum absolute atomic E-state index is 0.000248. The Morgan fingerprint density at radius 3 is 2.20 bits per heavy atom. The van der Waals surface area contributed by atoms with Crippen LogP contribution in [0.25, 0.3) is 22.3 Å². The maximum Gasteiger partial charge on any atom is 0.343 e. The third kappa shape index (κ3) is 6.87. The highest BCUT2D eigenvalue weighted by Gasteiger charge is 2.43. The van der Waals surface area contributed by atoms with E-state index in [4.69, 9.17) is 0 Å². The number of halogens is 2. The molecule has 0 radical (unpaired) electrons. The molecule has 8 rings (SSSR count). The van der Waals surface area contributed by atoms with Gasteiger partial charge in [-0.15, -0.1) is 0 Å². The fourth-order valence-corrected chi connectivity index (χ4v) is 7.35. The van der Waals surface area contributed by atoms with E-state index in [0.717, 1.165) is 53.5 Å². The van der Waals surface area contributed by atoms with Crippen molar-refractivity contribution in [3.05, 3.63) is 94.6 Å². The number of rotatable bonds is 9. The molecule has 55 heavy (non-hydrogen) atoms. The van der Waals surface area contributed by atoms with Crippen LogP contribution in [0, 0.1) is 18.6 Å². The number of urea groups is 1. The van der Waals surface area contributed by atoms with Crippen LogP contribution >= 0.6 is 0 Å². The number of imide groups is 2. The van der Waals surface area contributed by atoms with E-state index in [1.807, 2.05) is 37.5 Å². The van der Waals surface area contributed by atoms with Crippen molar-refractivity contribution >= 4 is 46.6 Å². The van der Waals surface area contributed by atoms with Gasteiger partial charge in [-0.2, -0.15) is 5.01 Å². The van der Waals surface area contributed by atoms with Gasteiger partial charge < -0.3 is 9.88 Å². The molecule has 0 spiro atoms.